The molecule has 1 saturated heterocycles. The molecule has 1 atom stereocenters. The molecule has 0 amide bonds. The highest BCUT2D eigenvalue weighted by Crippen LogP contribution is 2.24. The standard InChI is InChI=1S/C16H20N4O3/c1-3-22-16(21)13-5-4-8-20(10-13)14-7-6-12(9-17-14)15-18-11(2)19-23-15/h6-7,9,13H,3-5,8,10H2,1-2H3. The molecule has 0 aliphatic carbocycles. The van der Waals surface area contributed by atoms with E-state index in [0.29, 0.717) is 24.9 Å². The molecule has 0 saturated carbocycles. The summed E-state index contributed by atoms with van der Waals surface area (Å²) in [6, 6.07) is 3.83. The van der Waals surface area contributed by atoms with Crippen LogP contribution in [0.3, 0.4) is 0 Å². The third kappa shape index (κ3) is 3.49. The molecule has 2 aromatic rings. The summed E-state index contributed by atoms with van der Waals surface area (Å²) in [5.74, 6) is 1.71. The first kappa shape index (κ1) is 15.5. The van der Waals surface area contributed by atoms with E-state index in [0.717, 1.165) is 30.8 Å². The van der Waals surface area contributed by atoms with Gasteiger partial charge in [-0.25, -0.2) is 4.98 Å². The van der Waals surface area contributed by atoms with Crippen molar-refractivity contribution >= 4 is 11.8 Å². The quantitative estimate of drug-likeness (QED) is 0.800. The molecular weight excluding hydrogens is 296 g/mol. The molecule has 1 unspecified atom stereocenters. The number of piperidine rings is 1. The lowest BCUT2D eigenvalue weighted by atomic mass is 9.98. The lowest BCUT2D eigenvalue weighted by Gasteiger charge is -2.32. The van der Waals surface area contributed by atoms with Crippen LogP contribution in [0, 0.1) is 12.8 Å². The van der Waals surface area contributed by atoms with E-state index in [-0.39, 0.29) is 11.9 Å². The Morgan fingerprint density at radius 1 is 1.48 bits per heavy atom. The SMILES string of the molecule is CCOC(=O)C1CCCN(c2ccc(-c3nc(C)no3)cn2)C1. The molecule has 23 heavy (non-hydrogen) atoms. The number of aryl methyl sites for hydroxylation is 1. The number of pyridine rings is 1. The summed E-state index contributed by atoms with van der Waals surface area (Å²) in [6.07, 6.45) is 3.54. The summed E-state index contributed by atoms with van der Waals surface area (Å²) in [6.45, 7) is 5.56. The summed E-state index contributed by atoms with van der Waals surface area (Å²) in [5, 5.41) is 3.78. The van der Waals surface area contributed by atoms with E-state index in [1.165, 1.54) is 0 Å². The lowest BCUT2D eigenvalue weighted by Crippen LogP contribution is -2.39. The third-order valence-corrected chi connectivity index (χ3v) is 3.89. The zero-order chi connectivity index (χ0) is 16.2. The molecule has 7 nitrogen and oxygen atoms in total. The molecule has 1 fully saturated rings. The Morgan fingerprint density at radius 2 is 2.35 bits per heavy atom. The van der Waals surface area contributed by atoms with E-state index < -0.39 is 0 Å². The highest BCUT2D eigenvalue weighted by atomic mass is 16.5. The van der Waals surface area contributed by atoms with Crippen LogP contribution in [0.2, 0.25) is 0 Å². The minimum absolute atomic E-state index is 0.0798. The zero-order valence-corrected chi connectivity index (χ0v) is 13.4. The highest BCUT2D eigenvalue weighted by molar-refractivity contribution is 5.73. The number of carbonyl (C=O) groups is 1. The predicted molar refractivity (Wildman–Crippen MR) is 83.8 cm³/mol. The van der Waals surface area contributed by atoms with Gasteiger partial charge in [0.25, 0.3) is 5.89 Å². The topological polar surface area (TPSA) is 81.4 Å². The minimum Gasteiger partial charge on any atom is -0.466 e. The van der Waals surface area contributed by atoms with Gasteiger partial charge in [-0.1, -0.05) is 5.16 Å². The Labute approximate surface area is 134 Å². The number of rotatable bonds is 4. The molecule has 3 heterocycles. The Balaban J connectivity index is 1.70. The number of carbonyl (C=O) groups excluding carboxylic acids is 1. The number of hydrogen-bond acceptors (Lipinski definition) is 7. The van der Waals surface area contributed by atoms with Gasteiger partial charge in [-0.3, -0.25) is 4.79 Å². The average molecular weight is 316 g/mol. The van der Waals surface area contributed by atoms with Gasteiger partial charge in [-0.2, -0.15) is 4.98 Å². The van der Waals surface area contributed by atoms with Gasteiger partial charge in [-0.05, 0) is 38.8 Å². The highest BCUT2D eigenvalue weighted by Gasteiger charge is 2.27. The van der Waals surface area contributed by atoms with Crippen LogP contribution in [0.1, 0.15) is 25.6 Å². The van der Waals surface area contributed by atoms with E-state index in [2.05, 4.69) is 20.0 Å². The molecule has 122 valence electrons. The maximum absolute atomic E-state index is 11.9. The first-order valence-corrected chi connectivity index (χ1v) is 7.85. The van der Waals surface area contributed by atoms with Crippen molar-refractivity contribution in [1.29, 1.82) is 0 Å². The van der Waals surface area contributed by atoms with Crippen LogP contribution in [-0.4, -0.2) is 40.8 Å². The number of hydrogen-bond donors (Lipinski definition) is 0. The Kier molecular flexibility index (Phi) is 4.55. The van der Waals surface area contributed by atoms with Gasteiger partial charge >= 0.3 is 5.97 Å². The smallest absolute Gasteiger partial charge is 0.310 e. The normalized spacial score (nSPS) is 18.0. The minimum atomic E-state index is -0.116. The molecule has 0 bridgehead atoms. The predicted octanol–water partition coefficient (Wildman–Crippen LogP) is 2.22. The number of nitrogens with zero attached hydrogens (tertiary/aromatic N) is 4. The van der Waals surface area contributed by atoms with Crippen LogP contribution in [0.15, 0.2) is 22.9 Å². The van der Waals surface area contributed by atoms with Crippen LogP contribution >= 0.6 is 0 Å². The molecular formula is C16H20N4O3. The summed E-state index contributed by atoms with van der Waals surface area (Å²) < 4.78 is 10.3. The van der Waals surface area contributed by atoms with Crippen LogP contribution < -0.4 is 4.90 Å². The van der Waals surface area contributed by atoms with Crippen molar-refractivity contribution in [3.05, 3.63) is 24.2 Å². The van der Waals surface area contributed by atoms with Gasteiger partial charge in [0.05, 0.1) is 18.1 Å². The van der Waals surface area contributed by atoms with Gasteiger partial charge in [0.1, 0.15) is 5.82 Å². The van der Waals surface area contributed by atoms with Crippen LogP contribution in [-0.2, 0) is 9.53 Å². The van der Waals surface area contributed by atoms with Crippen LogP contribution in [0.5, 0.6) is 0 Å². The van der Waals surface area contributed by atoms with E-state index in [1.54, 1.807) is 13.1 Å². The largest absolute Gasteiger partial charge is 0.466 e. The van der Waals surface area contributed by atoms with E-state index in [1.807, 2.05) is 19.1 Å². The molecule has 0 radical (unpaired) electrons. The second-order valence-corrected chi connectivity index (χ2v) is 5.59. The Hall–Kier alpha value is -2.44. The van der Waals surface area contributed by atoms with Crippen molar-refractivity contribution in [2.24, 2.45) is 5.92 Å². The first-order valence-electron chi connectivity index (χ1n) is 7.85. The summed E-state index contributed by atoms with van der Waals surface area (Å²) in [4.78, 5) is 22.7. The second kappa shape index (κ2) is 6.76. The molecule has 7 heteroatoms. The van der Waals surface area contributed by atoms with Gasteiger partial charge in [0.15, 0.2) is 5.82 Å². The van der Waals surface area contributed by atoms with E-state index in [4.69, 9.17) is 9.26 Å². The molecule has 0 spiro atoms. The van der Waals surface area contributed by atoms with Crippen molar-refractivity contribution in [2.45, 2.75) is 26.7 Å². The lowest BCUT2D eigenvalue weighted by molar-refractivity contribution is -0.148. The van der Waals surface area contributed by atoms with E-state index >= 15 is 0 Å². The van der Waals surface area contributed by atoms with Crippen LogP contribution in [0.4, 0.5) is 5.82 Å². The van der Waals surface area contributed by atoms with Crippen molar-refractivity contribution in [3.8, 4) is 11.5 Å². The number of esters is 1. The fraction of sp³-hybridized carbons (Fsp3) is 0.500. The first-order chi connectivity index (χ1) is 11.2. The number of aromatic nitrogens is 3. The van der Waals surface area contributed by atoms with Crippen molar-refractivity contribution in [2.75, 3.05) is 24.6 Å². The summed E-state index contributed by atoms with van der Waals surface area (Å²) >= 11 is 0. The summed E-state index contributed by atoms with van der Waals surface area (Å²) in [7, 11) is 0. The Morgan fingerprint density at radius 3 is 3.00 bits per heavy atom. The number of anilines is 1. The zero-order valence-electron chi connectivity index (χ0n) is 13.4. The van der Waals surface area contributed by atoms with Crippen molar-refractivity contribution in [1.82, 2.24) is 15.1 Å². The number of ether oxygens (including phenoxy) is 1. The monoisotopic (exact) mass is 316 g/mol. The Bertz CT molecular complexity index is 668. The van der Waals surface area contributed by atoms with Gasteiger partial charge < -0.3 is 14.2 Å². The average Bonchev–Trinajstić information content (AvgIpc) is 3.02. The molecule has 1 aliphatic heterocycles. The van der Waals surface area contributed by atoms with Gasteiger partial charge in [0.2, 0.25) is 0 Å². The van der Waals surface area contributed by atoms with Gasteiger partial charge in [-0.15, -0.1) is 0 Å². The molecule has 2 aromatic heterocycles. The summed E-state index contributed by atoms with van der Waals surface area (Å²) in [5.41, 5.74) is 0.785. The van der Waals surface area contributed by atoms with Crippen LogP contribution in [0.25, 0.3) is 11.5 Å². The molecule has 3 rings (SSSR count). The van der Waals surface area contributed by atoms with Crippen molar-refractivity contribution in [3.63, 3.8) is 0 Å². The van der Waals surface area contributed by atoms with Crippen molar-refractivity contribution < 1.29 is 14.1 Å². The van der Waals surface area contributed by atoms with E-state index in [9.17, 15) is 4.79 Å². The maximum atomic E-state index is 11.9. The maximum Gasteiger partial charge on any atom is 0.310 e. The molecule has 0 N–H and O–H groups in total. The molecule has 0 aromatic carbocycles. The molecule has 1 aliphatic rings. The fourth-order valence-electron chi connectivity index (χ4n) is 2.75. The third-order valence-electron chi connectivity index (χ3n) is 3.89. The van der Waals surface area contributed by atoms with Gasteiger partial charge in [0, 0.05) is 19.3 Å². The fourth-order valence-corrected chi connectivity index (χ4v) is 2.75. The second-order valence-electron chi connectivity index (χ2n) is 5.59.